The van der Waals surface area contributed by atoms with Crippen molar-refractivity contribution < 1.29 is 19.8 Å². The van der Waals surface area contributed by atoms with Gasteiger partial charge in [0, 0.05) is 22.5 Å². The highest BCUT2D eigenvalue weighted by Crippen LogP contribution is 2.34. The lowest BCUT2D eigenvalue weighted by Gasteiger charge is -2.12. The second-order valence-corrected chi connectivity index (χ2v) is 7.62. The number of carbonyl (C=O) groups is 2. The Balaban J connectivity index is 1.58. The molecule has 34 heavy (non-hydrogen) atoms. The molecular formula is C26H22N4O4. The third kappa shape index (κ3) is 4.91. The molecule has 4 aromatic carbocycles. The van der Waals surface area contributed by atoms with Gasteiger partial charge in [0.1, 0.15) is 11.5 Å². The van der Waals surface area contributed by atoms with E-state index in [0.29, 0.717) is 33.6 Å². The van der Waals surface area contributed by atoms with Crippen molar-refractivity contribution in [2.24, 2.45) is 0 Å². The predicted molar refractivity (Wildman–Crippen MR) is 133 cm³/mol. The van der Waals surface area contributed by atoms with Crippen molar-refractivity contribution in [3.8, 4) is 22.6 Å². The summed E-state index contributed by atoms with van der Waals surface area (Å²) < 4.78 is 0. The van der Waals surface area contributed by atoms with Crippen LogP contribution in [0.4, 0.5) is 22.7 Å². The van der Waals surface area contributed by atoms with Gasteiger partial charge in [0.05, 0.1) is 11.4 Å². The Labute approximate surface area is 195 Å². The van der Waals surface area contributed by atoms with Gasteiger partial charge in [-0.05, 0) is 83.9 Å². The number of anilines is 4. The van der Waals surface area contributed by atoms with Crippen molar-refractivity contribution in [1.82, 2.24) is 0 Å². The first-order valence-electron chi connectivity index (χ1n) is 10.3. The molecule has 8 nitrogen and oxygen atoms in total. The topological polar surface area (TPSA) is 151 Å². The quantitative estimate of drug-likeness (QED) is 0.194. The van der Waals surface area contributed by atoms with Gasteiger partial charge >= 0.3 is 0 Å². The SMILES string of the molecule is Nc1ccc(C(=O)Nc2cc(-c3ccc(O)c(NC(=O)c4ccc(N)cc4)c3)ccc2O)cc1. The number of amides is 2. The molecule has 0 bridgehead atoms. The third-order valence-electron chi connectivity index (χ3n) is 5.17. The molecular weight excluding hydrogens is 432 g/mol. The van der Waals surface area contributed by atoms with Crippen LogP contribution in [0.25, 0.3) is 11.1 Å². The highest BCUT2D eigenvalue weighted by molar-refractivity contribution is 6.06. The Kier molecular flexibility index (Phi) is 6.05. The molecule has 4 aromatic rings. The summed E-state index contributed by atoms with van der Waals surface area (Å²) in [7, 11) is 0. The largest absolute Gasteiger partial charge is 0.506 e. The summed E-state index contributed by atoms with van der Waals surface area (Å²) in [5, 5.41) is 25.9. The number of nitrogen functional groups attached to an aromatic ring is 2. The van der Waals surface area contributed by atoms with E-state index in [1.165, 1.54) is 12.1 Å². The lowest BCUT2D eigenvalue weighted by molar-refractivity contribution is 0.101. The van der Waals surface area contributed by atoms with Crippen LogP contribution in [-0.2, 0) is 0 Å². The third-order valence-corrected chi connectivity index (χ3v) is 5.17. The molecule has 0 spiro atoms. The van der Waals surface area contributed by atoms with Crippen LogP contribution in [0.5, 0.6) is 11.5 Å². The van der Waals surface area contributed by atoms with Gasteiger partial charge < -0.3 is 32.3 Å². The summed E-state index contributed by atoms with van der Waals surface area (Å²) in [6.07, 6.45) is 0. The number of nitrogens with one attached hydrogen (secondary N) is 2. The maximum absolute atomic E-state index is 12.5. The molecule has 0 aliphatic heterocycles. The van der Waals surface area contributed by atoms with Crippen molar-refractivity contribution in [3.63, 3.8) is 0 Å². The maximum atomic E-state index is 12.5. The average molecular weight is 454 g/mol. The van der Waals surface area contributed by atoms with E-state index in [1.54, 1.807) is 72.8 Å². The molecule has 0 saturated heterocycles. The van der Waals surface area contributed by atoms with Crippen LogP contribution >= 0.6 is 0 Å². The van der Waals surface area contributed by atoms with Crippen LogP contribution in [0.1, 0.15) is 20.7 Å². The molecule has 8 heteroatoms. The lowest BCUT2D eigenvalue weighted by Crippen LogP contribution is -2.12. The molecule has 0 aliphatic rings. The van der Waals surface area contributed by atoms with E-state index >= 15 is 0 Å². The molecule has 2 amide bonds. The molecule has 0 aromatic heterocycles. The van der Waals surface area contributed by atoms with Crippen molar-refractivity contribution in [3.05, 3.63) is 96.1 Å². The summed E-state index contributed by atoms with van der Waals surface area (Å²) in [4.78, 5) is 25.1. The molecule has 0 heterocycles. The summed E-state index contributed by atoms with van der Waals surface area (Å²) in [5.41, 5.74) is 14.9. The zero-order valence-electron chi connectivity index (χ0n) is 17.9. The van der Waals surface area contributed by atoms with Gasteiger partial charge in [0.2, 0.25) is 0 Å². The van der Waals surface area contributed by atoms with E-state index in [9.17, 15) is 19.8 Å². The normalized spacial score (nSPS) is 10.5. The molecule has 0 aliphatic carbocycles. The first kappa shape index (κ1) is 22.2. The number of benzene rings is 4. The number of aromatic hydroxyl groups is 2. The van der Waals surface area contributed by atoms with Crippen molar-refractivity contribution >= 4 is 34.6 Å². The first-order chi connectivity index (χ1) is 16.3. The van der Waals surface area contributed by atoms with Crippen LogP contribution in [0, 0.1) is 0 Å². The lowest BCUT2D eigenvalue weighted by atomic mass is 10.0. The summed E-state index contributed by atoms with van der Waals surface area (Å²) in [6, 6.07) is 22.2. The van der Waals surface area contributed by atoms with Crippen LogP contribution in [0.15, 0.2) is 84.9 Å². The second kappa shape index (κ2) is 9.25. The second-order valence-electron chi connectivity index (χ2n) is 7.62. The van der Waals surface area contributed by atoms with Gasteiger partial charge in [0.25, 0.3) is 11.8 Å². The molecule has 170 valence electrons. The number of hydrogen-bond acceptors (Lipinski definition) is 6. The number of phenols is 2. The fourth-order valence-corrected chi connectivity index (χ4v) is 3.29. The summed E-state index contributed by atoms with van der Waals surface area (Å²) in [5.74, 6) is -1.03. The molecule has 0 saturated carbocycles. The van der Waals surface area contributed by atoms with Crippen LogP contribution in [0.2, 0.25) is 0 Å². The molecule has 0 atom stereocenters. The Morgan fingerprint density at radius 3 is 1.26 bits per heavy atom. The number of rotatable bonds is 5. The highest BCUT2D eigenvalue weighted by atomic mass is 16.3. The Hall–Kier alpha value is -4.98. The van der Waals surface area contributed by atoms with Gasteiger partial charge in [-0.15, -0.1) is 0 Å². The van der Waals surface area contributed by atoms with Gasteiger partial charge in [-0.3, -0.25) is 9.59 Å². The fraction of sp³-hybridized carbons (Fsp3) is 0. The van der Waals surface area contributed by atoms with E-state index in [-0.39, 0.29) is 22.9 Å². The summed E-state index contributed by atoms with van der Waals surface area (Å²) >= 11 is 0. The zero-order chi connectivity index (χ0) is 24.2. The average Bonchev–Trinajstić information content (AvgIpc) is 2.82. The van der Waals surface area contributed by atoms with E-state index < -0.39 is 11.8 Å². The smallest absolute Gasteiger partial charge is 0.255 e. The standard InChI is InChI=1S/C26H22N4O4/c27-19-7-1-15(2-8-19)25(33)29-21-13-17(5-11-23(21)31)18-6-12-24(32)22(14-18)30-26(34)16-3-9-20(28)10-4-16/h1-14,31-32H,27-28H2,(H,29,33)(H,30,34). The van der Waals surface area contributed by atoms with Gasteiger partial charge in [0.15, 0.2) is 0 Å². The number of phenolic OH excluding ortho intramolecular Hbond substituents is 2. The molecule has 4 rings (SSSR count). The van der Waals surface area contributed by atoms with Gasteiger partial charge in [-0.1, -0.05) is 12.1 Å². The first-order valence-corrected chi connectivity index (χ1v) is 10.3. The van der Waals surface area contributed by atoms with Crippen LogP contribution < -0.4 is 22.1 Å². The van der Waals surface area contributed by atoms with Gasteiger partial charge in [-0.25, -0.2) is 0 Å². The van der Waals surface area contributed by atoms with Crippen molar-refractivity contribution in [1.29, 1.82) is 0 Å². The van der Waals surface area contributed by atoms with Crippen molar-refractivity contribution in [2.45, 2.75) is 0 Å². The van der Waals surface area contributed by atoms with Crippen molar-refractivity contribution in [2.75, 3.05) is 22.1 Å². The minimum absolute atomic E-state index is 0.108. The Morgan fingerprint density at radius 1 is 0.559 bits per heavy atom. The monoisotopic (exact) mass is 454 g/mol. The fourth-order valence-electron chi connectivity index (χ4n) is 3.29. The van der Waals surface area contributed by atoms with E-state index in [4.69, 9.17) is 11.5 Å². The molecule has 0 radical (unpaired) electrons. The molecule has 0 unspecified atom stereocenters. The predicted octanol–water partition coefficient (Wildman–Crippen LogP) is 4.43. The maximum Gasteiger partial charge on any atom is 0.255 e. The number of nitrogens with two attached hydrogens (primary N) is 2. The van der Waals surface area contributed by atoms with Gasteiger partial charge in [-0.2, -0.15) is 0 Å². The Bertz CT molecular complexity index is 1260. The molecule has 0 fully saturated rings. The number of hydrogen-bond donors (Lipinski definition) is 6. The van der Waals surface area contributed by atoms with E-state index in [0.717, 1.165) is 0 Å². The summed E-state index contributed by atoms with van der Waals surface area (Å²) in [6.45, 7) is 0. The Morgan fingerprint density at radius 2 is 0.912 bits per heavy atom. The van der Waals surface area contributed by atoms with Crippen LogP contribution in [0.3, 0.4) is 0 Å². The van der Waals surface area contributed by atoms with E-state index in [2.05, 4.69) is 10.6 Å². The zero-order valence-corrected chi connectivity index (χ0v) is 17.9. The minimum atomic E-state index is -0.408. The molecule has 8 N–H and O–H groups in total. The van der Waals surface area contributed by atoms with Crippen LogP contribution in [-0.4, -0.2) is 22.0 Å². The highest BCUT2D eigenvalue weighted by Gasteiger charge is 2.13. The number of carbonyl (C=O) groups excluding carboxylic acids is 2. The van der Waals surface area contributed by atoms with E-state index in [1.807, 2.05) is 0 Å². The minimum Gasteiger partial charge on any atom is -0.506 e.